The van der Waals surface area contributed by atoms with Crippen molar-refractivity contribution in [3.8, 4) is 0 Å². The van der Waals surface area contributed by atoms with E-state index in [2.05, 4.69) is 16.8 Å². The fourth-order valence-corrected chi connectivity index (χ4v) is 5.38. The normalized spacial score (nSPS) is 11.3. The minimum Gasteiger partial charge on any atom is -0.321 e. The average molecular weight is 438 g/mol. The van der Waals surface area contributed by atoms with Gasteiger partial charge in [0.15, 0.2) is 9.84 Å². The summed E-state index contributed by atoms with van der Waals surface area (Å²) in [4.78, 5) is 13.5. The van der Waals surface area contributed by atoms with Crippen LogP contribution >= 0.6 is 34.7 Å². The molecule has 0 spiro atoms. The van der Waals surface area contributed by atoms with E-state index in [4.69, 9.17) is 11.6 Å². The number of nitrogens with one attached hydrogen (secondary N) is 1. The molecule has 0 unspecified atom stereocenters. The first-order chi connectivity index (χ1) is 12.8. The number of thioether (sulfide) groups is 1. The predicted octanol–water partition coefficient (Wildman–Crippen LogP) is 5.35. The maximum absolute atomic E-state index is 12.6. The number of rotatable bonds is 6. The Morgan fingerprint density at radius 2 is 1.96 bits per heavy atom. The number of carbonyl (C=O) groups excluding carboxylic acids is 1. The summed E-state index contributed by atoms with van der Waals surface area (Å²) in [6.45, 7) is 0. The highest BCUT2D eigenvalue weighted by molar-refractivity contribution is 7.98. The van der Waals surface area contributed by atoms with Gasteiger partial charge in [-0.2, -0.15) is 11.3 Å². The number of sulfone groups is 1. The summed E-state index contributed by atoms with van der Waals surface area (Å²) in [7, 11) is -3.52. The Labute approximate surface area is 171 Å². The predicted molar refractivity (Wildman–Crippen MR) is 113 cm³/mol. The minimum absolute atomic E-state index is 0.0584. The molecule has 27 heavy (non-hydrogen) atoms. The molecule has 140 valence electrons. The molecule has 0 fully saturated rings. The third kappa shape index (κ3) is 5.13. The second kappa shape index (κ2) is 8.48. The van der Waals surface area contributed by atoms with E-state index in [1.165, 1.54) is 23.8 Å². The van der Waals surface area contributed by atoms with Crippen molar-refractivity contribution in [1.82, 2.24) is 0 Å². The molecule has 1 heterocycles. The Kier molecular flexibility index (Phi) is 6.26. The van der Waals surface area contributed by atoms with Crippen LogP contribution in [0.3, 0.4) is 0 Å². The molecule has 0 saturated carbocycles. The lowest BCUT2D eigenvalue weighted by Gasteiger charge is -2.11. The number of anilines is 1. The van der Waals surface area contributed by atoms with Gasteiger partial charge in [0.2, 0.25) is 0 Å². The topological polar surface area (TPSA) is 63.2 Å². The van der Waals surface area contributed by atoms with Gasteiger partial charge in [-0.1, -0.05) is 23.7 Å². The van der Waals surface area contributed by atoms with E-state index in [1.54, 1.807) is 23.1 Å². The number of para-hydroxylation sites is 1. The quantitative estimate of drug-likeness (QED) is 0.528. The molecule has 1 N–H and O–H groups in total. The molecule has 4 nitrogen and oxygen atoms in total. The lowest BCUT2D eigenvalue weighted by atomic mass is 10.2. The van der Waals surface area contributed by atoms with Gasteiger partial charge in [0.1, 0.15) is 0 Å². The first kappa shape index (κ1) is 19.9. The zero-order valence-corrected chi connectivity index (χ0v) is 17.5. The molecule has 0 bridgehead atoms. The number of carbonyl (C=O) groups is 1. The van der Waals surface area contributed by atoms with E-state index in [-0.39, 0.29) is 21.4 Å². The maximum Gasteiger partial charge on any atom is 0.255 e. The van der Waals surface area contributed by atoms with Gasteiger partial charge in [0.05, 0.1) is 15.6 Å². The highest BCUT2D eigenvalue weighted by Crippen LogP contribution is 2.31. The van der Waals surface area contributed by atoms with Crippen LogP contribution in [0.2, 0.25) is 5.02 Å². The Morgan fingerprint density at radius 1 is 1.19 bits per heavy atom. The van der Waals surface area contributed by atoms with Gasteiger partial charge in [-0.15, -0.1) is 11.8 Å². The smallest absolute Gasteiger partial charge is 0.255 e. The number of benzene rings is 2. The molecule has 0 atom stereocenters. The zero-order chi connectivity index (χ0) is 19.4. The molecule has 0 radical (unpaired) electrons. The molecule has 0 aliphatic rings. The second-order valence-corrected chi connectivity index (χ2v) is 9.98. The lowest BCUT2D eigenvalue weighted by Crippen LogP contribution is -2.13. The van der Waals surface area contributed by atoms with E-state index in [0.717, 1.165) is 16.9 Å². The van der Waals surface area contributed by atoms with Crippen molar-refractivity contribution < 1.29 is 13.2 Å². The van der Waals surface area contributed by atoms with Crippen LogP contribution in [-0.4, -0.2) is 20.6 Å². The van der Waals surface area contributed by atoms with E-state index in [1.807, 2.05) is 29.6 Å². The van der Waals surface area contributed by atoms with Crippen LogP contribution in [0.1, 0.15) is 15.9 Å². The van der Waals surface area contributed by atoms with Crippen LogP contribution in [0.5, 0.6) is 0 Å². The van der Waals surface area contributed by atoms with Crippen molar-refractivity contribution in [3.63, 3.8) is 0 Å². The molecule has 2 aromatic carbocycles. The number of thiophene rings is 1. The zero-order valence-electron chi connectivity index (χ0n) is 14.3. The van der Waals surface area contributed by atoms with Crippen molar-refractivity contribution in [3.05, 3.63) is 75.4 Å². The molecular formula is C19H16ClNO3S3. The number of hydrogen-bond acceptors (Lipinski definition) is 5. The van der Waals surface area contributed by atoms with Gasteiger partial charge in [0, 0.05) is 22.5 Å². The van der Waals surface area contributed by atoms with Crippen molar-refractivity contribution in [1.29, 1.82) is 0 Å². The summed E-state index contributed by atoms with van der Waals surface area (Å²) >= 11 is 9.22. The van der Waals surface area contributed by atoms with Crippen LogP contribution in [-0.2, 0) is 15.6 Å². The Balaban J connectivity index is 1.80. The van der Waals surface area contributed by atoms with E-state index in [0.29, 0.717) is 5.69 Å². The molecule has 0 aliphatic heterocycles. The summed E-state index contributed by atoms with van der Waals surface area (Å²) < 4.78 is 23.6. The molecule has 1 amide bonds. The molecule has 0 aliphatic carbocycles. The van der Waals surface area contributed by atoms with Gasteiger partial charge >= 0.3 is 0 Å². The van der Waals surface area contributed by atoms with Crippen molar-refractivity contribution >= 4 is 56.1 Å². The van der Waals surface area contributed by atoms with Gasteiger partial charge in [-0.3, -0.25) is 4.79 Å². The molecule has 8 heteroatoms. The van der Waals surface area contributed by atoms with Crippen molar-refractivity contribution in [2.24, 2.45) is 0 Å². The summed E-state index contributed by atoms with van der Waals surface area (Å²) in [5, 5.41) is 7.08. The fraction of sp³-hybridized carbons (Fsp3) is 0.105. The van der Waals surface area contributed by atoms with Crippen molar-refractivity contribution in [2.45, 2.75) is 15.5 Å². The van der Waals surface area contributed by atoms with Crippen LogP contribution in [0.15, 0.2) is 69.1 Å². The molecule has 1 aromatic heterocycles. The second-order valence-electron chi connectivity index (χ2n) is 5.79. The Hall–Kier alpha value is -1.80. The largest absolute Gasteiger partial charge is 0.321 e. The van der Waals surface area contributed by atoms with Gasteiger partial charge in [-0.05, 0) is 52.7 Å². The maximum atomic E-state index is 12.6. The summed E-state index contributed by atoms with van der Waals surface area (Å²) in [5.74, 6) is 0.412. The highest BCUT2D eigenvalue weighted by atomic mass is 35.5. The summed E-state index contributed by atoms with van der Waals surface area (Å²) in [6, 6.07) is 13.8. The molecular weight excluding hydrogens is 422 g/mol. The first-order valence-corrected chi connectivity index (χ1v) is 12.1. The van der Waals surface area contributed by atoms with E-state index in [9.17, 15) is 13.2 Å². The molecule has 3 aromatic rings. The lowest BCUT2D eigenvalue weighted by molar-refractivity contribution is 0.102. The van der Waals surface area contributed by atoms with Crippen LogP contribution < -0.4 is 5.32 Å². The van der Waals surface area contributed by atoms with E-state index >= 15 is 0 Å². The monoisotopic (exact) mass is 437 g/mol. The number of halogens is 1. The highest BCUT2D eigenvalue weighted by Gasteiger charge is 2.16. The SMILES string of the molecule is CS(=O)(=O)c1cc(C(=O)Nc2ccccc2SCc2ccsc2)ccc1Cl. The molecule has 0 saturated heterocycles. The Morgan fingerprint density at radius 3 is 2.67 bits per heavy atom. The number of amides is 1. The van der Waals surface area contributed by atoms with Gasteiger partial charge in [0.25, 0.3) is 5.91 Å². The fourth-order valence-electron chi connectivity index (χ4n) is 2.35. The minimum atomic E-state index is -3.52. The van der Waals surface area contributed by atoms with Crippen LogP contribution in [0.25, 0.3) is 0 Å². The van der Waals surface area contributed by atoms with Gasteiger partial charge in [-0.25, -0.2) is 8.42 Å². The third-order valence-electron chi connectivity index (χ3n) is 3.70. The molecule has 3 rings (SSSR count). The summed E-state index contributed by atoms with van der Waals surface area (Å²) in [6.07, 6.45) is 1.06. The summed E-state index contributed by atoms with van der Waals surface area (Å²) in [5.41, 5.74) is 2.14. The standard InChI is InChI=1S/C19H16ClNO3S3/c1-27(23,24)18-10-14(6-7-15(18)20)19(22)21-16-4-2-3-5-17(16)26-12-13-8-9-25-11-13/h2-11H,12H2,1H3,(H,21,22). The first-order valence-electron chi connectivity index (χ1n) is 7.88. The van der Waals surface area contributed by atoms with Crippen LogP contribution in [0.4, 0.5) is 5.69 Å². The third-order valence-corrected chi connectivity index (χ3v) is 7.16. The Bertz CT molecular complexity index is 1060. The van der Waals surface area contributed by atoms with E-state index < -0.39 is 9.84 Å². The van der Waals surface area contributed by atoms with Crippen LogP contribution in [0, 0.1) is 0 Å². The van der Waals surface area contributed by atoms with Gasteiger partial charge < -0.3 is 5.32 Å². The number of hydrogen-bond donors (Lipinski definition) is 1. The average Bonchev–Trinajstić information content (AvgIpc) is 3.14. The van der Waals surface area contributed by atoms with Crippen molar-refractivity contribution in [2.75, 3.05) is 11.6 Å².